The first kappa shape index (κ1) is 20.2. The number of hydrogen-bond donors (Lipinski definition) is 1. The topological polar surface area (TPSA) is 104 Å². The summed E-state index contributed by atoms with van der Waals surface area (Å²) in [5.74, 6) is -1.86. The van der Waals surface area contributed by atoms with Crippen LogP contribution in [0, 0.1) is 5.92 Å². The number of aromatic nitrogens is 1. The molecule has 1 unspecified atom stereocenters. The predicted octanol–water partition coefficient (Wildman–Crippen LogP) is 1.97. The standard InChI is InChI=1S/C18H14F3N5O3S/c1-22-30(28,29)14-5-3-2-4-11(14)10-6-13-16(23-7-10)15-12(8-24-25-15)17(27)26(13)9-18(19,20)21/h2-8,12,22H,9H2,1H3. The number of alkyl halides is 3. The molecule has 1 N–H and O–H groups in total. The zero-order valence-corrected chi connectivity index (χ0v) is 16.2. The quantitative estimate of drug-likeness (QED) is 0.790. The Kier molecular flexibility index (Phi) is 4.70. The monoisotopic (exact) mass is 437 g/mol. The van der Waals surface area contributed by atoms with Crippen LogP contribution in [0.5, 0.6) is 0 Å². The summed E-state index contributed by atoms with van der Waals surface area (Å²) in [5.41, 5.74) is 0.622. The zero-order valence-electron chi connectivity index (χ0n) is 15.4. The van der Waals surface area contributed by atoms with Gasteiger partial charge in [-0.1, -0.05) is 18.2 Å². The van der Waals surface area contributed by atoms with E-state index in [-0.39, 0.29) is 33.1 Å². The zero-order chi connectivity index (χ0) is 21.7. The van der Waals surface area contributed by atoms with Crippen molar-refractivity contribution in [1.82, 2.24) is 9.71 Å². The number of fused-ring (bicyclic) bond motifs is 3. The van der Waals surface area contributed by atoms with E-state index in [9.17, 15) is 26.4 Å². The third-order valence-electron chi connectivity index (χ3n) is 4.70. The van der Waals surface area contributed by atoms with Gasteiger partial charge in [0.05, 0.1) is 10.6 Å². The van der Waals surface area contributed by atoms with Gasteiger partial charge in [0.1, 0.15) is 23.9 Å². The van der Waals surface area contributed by atoms with E-state index in [4.69, 9.17) is 0 Å². The summed E-state index contributed by atoms with van der Waals surface area (Å²) in [6.45, 7) is -1.52. The van der Waals surface area contributed by atoms with Crippen LogP contribution >= 0.6 is 0 Å². The number of pyridine rings is 1. The van der Waals surface area contributed by atoms with Gasteiger partial charge in [0.2, 0.25) is 15.9 Å². The highest BCUT2D eigenvalue weighted by atomic mass is 32.2. The highest BCUT2D eigenvalue weighted by Crippen LogP contribution is 2.37. The maximum absolute atomic E-state index is 13.2. The Morgan fingerprint density at radius 1 is 1.23 bits per heavy atom. The first-order valence-corrected chi connectivity index (χ1v) is 10.1. The van der Waals surface area contributed by atoms with Crippen LogP contribution in [0.3, 0.4) is 0 Å². The highest BCUT2D eigenvalue weighted by molar-refractivity contribution is 7.89. The fourth-order valence-corrected chi connectivity index (χ4v) is 4.31. The van der Waals surface area contributed by atoms with Crippen LogP contribution in [0.25, 0.3) is 11.1 Å². The van der Waals surface area contributed by atoms with E-state index in [1.165, 1.54) is 43.7 Å². The van der Waals surface area contributed by atoms with Crippen molar-refractivity contribution in [2.75, 3.05) is 18.5 Å². The number of nitrogens with zero attached hydrogens (tertiary/aromatic N) is 4. The molecule has 0 saturated heterocycles. The lowest BCUT2D eigenvalue weighted by atomic mass is 9.93. The summed E-state index contributed by atoms with van der Waals surface area (Å²) in [4.78, 5) is 17.4. The normalized spacial score (nSPS) is 18.3. The van der Waals surface area contributed by atoms with E-state index in [0.717, 1.165) is 0 Å². The van der Waals surface area contributed by atoms with Gasteiger partial charge in [0.15, 0.2) is 0 Å². The molecule has 1 aromatic carbocycles. The SMILES string of the molecule is CNS(=O)(=O)c1ccccc1-c1cnc2c(c1)N(CC(F)(F)F)C(=O)C1C=NN=C21. The van der Waals surface area contributed by atoms with Crippen molar-refractivity contribution in [1.29, 1.82) is 0 Å². The van der Waals surface area contributed by atoms with Crippen molar-refractivity contribution in [2.24, 2.45) is 16.1 Å². The minimum Gasteiger partial charge on any atom is -0.300 e. The molecule has 3 heterocycles. The summed E-state index contributed by atoms with van der Waals surface area (Å²) in [5, 5.41) is 7.49. The van der Waals surface area contributed by atoms with Gasteiger partial charge in [-0.25, -0.2) is 13.1 Å². The molecular formula is C18H14F3N5O3S. The number of benzene rings is 1. The number of nitrogens with one attached hydrogen (secondary N) is 1. The molecule has 4 rings (SSSR count). The Hall–Kier alpha value is -3.12. The fraction of sp³-hybridized carbons (Fsp3) is 0.222. The Morgan fingerprint density at radius 3 is 2.67 bits per heavy atom. The van der Waals surface area contributed by atoms with Gasteiger partial charge in [-0.15, -0.1) is 0 Å². The summed E-state index contributed by atoms with van der Waals surface area (Å²) in [7, 11) is -2.60. The third-order valence-corrected chi connectivity index (χ3v) is 6.18. The van der Waals surface area contributed by atoms with Gasteiger partial charge in [-0.2, -0.15) is 23.4 Å². The Bertz CT molecular complexity index is 1210. The molecule has 0 bridgehead atoms. The summed E-state index contributed by atoms with van der Waals surface area (Å²) in [6, 6.07) is 7.30. The van der Waals surface area contributed by atoms with Gasteiger partial charge in [0.25, 0.3) is 0 Å². The van der Waals surface area contributed by atoms with Crippen molar-refractivity contribution in [2.45, 2.75) is 11.1 Å². The van der Waals surface area contributed by atoms with E-state index in [1.807, 2.05) is 0 Å². The second kappa shape index (κ2) is 6.99. The van der Waals surface area contributed by atoms with Gasteiger partial charge < -0.3 is 4.90 Å². The number of carbonyl (C=O) groups is 1. The van der Waals surface area contributed by atoms with E-state index in [0.29, 0.717) is 4.90 Å². The molecule has 12 heteroatoms. The molecule has 2 aromatic rings. The lowest BCUT2D eigenvalue weighted by Gasteiger charge is -2.32. The molecule has 0 fully saturated rings. The minimum atomic E-state index is -4.65. The lowest BCUT2D eigenvalue weighted by molar-refractivity contribution is -0.132. The number of anilines is 1. The highest BCUT2D eigenvalue weighted by Gasteiger charge is 2.44. The van der Waals surface area contributed by atoms with Crippen molar-refractivity contribution >= 4 is 33.5 Å². The maximum atomic E-state index is 13.2. The number of amides is 1. The Morgan fingerprint density at radius 2 is 1.97 bits per heavy atom. The van der Waals surface area contributed by atoms with Crippen LogP contribution in [0.1, 0.15) is 5.69 Å². The number of carbonyl (C=O) groups excluding carboxylic acids is 1. The number of sulfonamides is 1. The van der Waals surface area contributed by atoms with Crippen LogP contribution in [0.2, 0.25) is 0 Å². The van der Waals surface area contributed by atoms with Crippen LogP contribution < -0.4 is 9.62 Å². The molecule has 156 valence electrons. The average molecular weight is 437 g/mol. The van der Waals surface area contributed by atoms with E-state index in [2.05, 4.69) is 19.9 Å². The average Bonchev–Trinajstić information content (AvgIpc) is 3.20. The fourth-order valence-electron chi connectivity index (χ4n) is 3.35. The van der Waals surface area contributed by atoms with Gasteiger partial charge in [-0.05, 0) is 19.2 Å². The molecule has 0 radical (unpaired) electrons. The molecule has 8 nitrogen and oxygen atoms in total. The summed E-state index contributed by atoms with van der Waals surface area (Å²) >= 11 is 0. The molecule has 2 aliphatic rings. The first-order valence-electron chi connectivity index (χ1n) is 8.65. The van der Waals surface area contributed by atoms with Crippen molar-refractivity contribution < 1.29 is 26.4 Å². The van der Waals surface area contributed by atoms with Crippen LogP contribution in [0.15, 0.2) is 51.6 Å². The van der Waals surface area contributed by atoms with Gasteiger partial charge in [-0.3, -0.25) is 9.78 Å². The number of halogens is 3. The molecule has 0 saturated carbocycles. The molecule has 0 spiro atoms. The summed E-state index contributed by atoms with van der Waals surface area (Å²) in [6.07, 6.45) is -2.14. The van der Waals surface area contributed by atoms with Crippen LogP contribution in [-0.4, -0.2) is 51.0 Å². The smallest absolute Gasteiger partial charge is 0.300 e. The molecule has 30 heavy (non-hydrogen) atoms. The van der Waals surface area contributed by atoms with Gasteiger partial charge in [0, 0.05) is 23.5 Å². The summed E-state index contributed by atoms with van der Waals surface area (Å²) < 4.78 is 66.4. The second-order valence-corrected chi connectivity index (χ2v) is 8.42. The third kappa shape index (κ3) is 3.37. The van der Waals surface area contributed by atoms with Gasteiger partial charge >= 0.3 is 6.18 Å². The lowest BCUT2D eigenvalue weighted by Crippen LogP contribution is -2.48. The van der Waals surface area contributed by atoms with Crippen LogP contribution in [-0.2, 0) is 14.8 Å². The second-order valence-electron chi connectivity index (χ2n) is 6.56. The van der Waals surface area contributed by atoms with Crippen molar-refractivity contribution in [3.05, 3.63) is 42.2 Å². The van der Waals surface area contributed by atoms with Crippen LogP contribution in [0.4, 0.5) is 18.9 Å². The maximum Gasteiger partial charge on any atom is 0.406 e. The molecule has 1 aromatic heterocycles. The van der Waals surface area contributed by atoms with E-state index >= 15 is 0 Å². The number of hydrogen-bond acceptors (Lipinski definition) is 6. The van der Waals surface area contributed by atoms with Crippen molar-refractivity contribution in [3.8, 4) is 11.1 Å². The number of rotatable bonds is 4. The molecule has 2 aliphatic heterocycles. The Labute approximate surface area is 169 Å². The molecular weight excluding hydrogens is 423 g/mol. The molecule has 0 aliphatic carbocycles. The minimum absolute atomic E-state index is 0.0711. The van der Waals surface area contributed by atoms with E-state index < -0.39 is 34.6 Å². The largest absolute Gasteiger partial charge is 0.406 e. The molecule has 1 amide bonds. The van der Waals surface area contributed by atoms with E-state index in [1.54, 1.807) is 6.07 Å². The first-order chi connectivity index (χ1) is 14.1. The molecule has 1 atom stereocenters. The predicted molar refractivity (Wildman–Crippen MR) is 103 cm³/mol. The Balaban J connectivity index is 1.90. The van der Waals surface area contributed by atoms with Crippen molar-refractivity contribution in [3.63, 3.8) is 0 Å².